The van der Waals surface area contributed by atoms with Crippen molar-refractivity contribution in [3.8, 4) is 5.75 Å². The highest BCUT2D eigenvalue weighted by Gasteiger charge is 2.25. The van der Waals surface area contributed by atoms with E-state index >= 15 is 0 Å². The van der Waals surface area contributed by atoms with Crippen LogP contribution < -0.4 is 15.2 Å². The summed E-state index contributed by atoms with van der Waals surface area (Å²) in [5.74, 6) is 0.835. The number of aryl methyl sites for hydroxylation is 3. The smallest absolute Gasteiger partial charge is 0.280 e. The van der Waals surface area contributed by atoms with Crippen molar-refractivity contribution in [2.24, 2.45) is 0 Å². The summed E-state index contributed by atoms with van der Waals surface area (Å²) in [7, 11) is 0. The first-order valence-corrected chi connectivity index (χ1v) is 13.0. The summed E-state index contributed by atoms with van der Waals surface area (Å²) in [5, 5.41) is 7.01. The van der Waals surface area contributed by atoms with E-state index in [0.29, 0.717) is 53.9 Å². The molecule has 176 valence electrons. The molecule has 1 aromatic carbocycles. The number of aromatic nitrogens is 4. The summed E-state index contributed by atoms with van der Waals surface area (Å²) in [5.41, 5.74) is 3.53. The summed E-state index contributed by atoms with van der Waals surface area (Å²) < 4.78 is 9.09. The predicted molar refractivity (Wildman–Crippen MR) is 135 cm³/mol. The molecule has 34 heavy (non-hydrogen) atoms. The van der Waals surface area contributed by atoms with Crippen LogP contribution in [0.2, 0.25) is 0 Å². The molecule has 4 heterocycles. The van der Waals surface area contributed by atoms with E-state index in [2.05, 4.69) is 5.10 Å². The van der Waals surface area contributed by atoms with Crippen LogP contribution in [0.15, 0.2) is 45.7 Å². The Morgan fingerprint density at radius 3 is 2.88 bits per heavy atom. The zero-order valence-corrected chi connectivity index (χ0v) is 20.9. The molecule has 0 spiro atoms. The third kappa shape index (κ3) is 4.12. The van der Waals surface area contributed by atoms with Crippen LogP contribution in [0.3, 0.4) is 0 Å². The number of anilines is 1. The number of rotatable bonds is 6. The first-order chi connectivity index (χ1) is 16.5. The summed E-state index contributed by atoms with van der Waals surface area (Å²) in [6.45, 7) is 7.75. The van der Waals surface area contributed by atoms with Crippen LogP contribution in [0.5, 0.6) is 5.75 Å². The lowest BCUT2D eigenvalue weighted by Crippen LogP contribution is -2.39. The maximum absolute atomic E-state index is 13.6. The molecule has 1 aliphatic heterocycles. The fourth-order valence-electron chi connectivity index (χ4n) is 4.12. The molecule has 0 N–H and O–H groups in total. The third-order valence-corrected chi connectivity index (χ3v) is 7.60. The van der Waals surface area contributed by atoms with E-state index in [1.54, 1.807) is 25.5 Å². The molecule has 0 aliphatic carbocycles. The maximum atomic E-state index is 13.6. The van der Waals surface area contributed by atoms with Gasteiger partial charge in [0.2, 0.25) is 5.91 Å². The second kappa shape index (κ2) is 9.27. The van der Waals surface area contributed by atoms with Gasteiger partial charge in [-0.1, -0.05) is 23.9 Å². The van der Waals surface area contributed by atoms with Crippen LogP contribution >= 0.6 is 23.1 Å². The summed E-state index contributed by atoms with van der Waals surface area (Å²) in [4.78, 5) is 34.4. The fourth-order valence-corrected chi connectivity index (χ4v) is 5.68. The highest BCUT2D eigenvalue weighted by molar-refractivity contribution is 7.99. The molecule has 0 unspecified atom stereocenters. The maximum Gasteiger partial charge on any atom is 0.280 e. The lowest BCUT2D eigenvalue weighted by atomic mass is 10.1. The van der Waals surface area contributed by atoms with Crippen molar-refractivity contribution >= 4 is 45.7 Å². The van der Waals surface area contributed by atoms with Crippen molar-refractivity contribution < 1.29 is 9.53 Å². The van der Waals surface area contributed by atoms with Gasteiger partial charge in [0, 0.05) is 11.4 Å². The van der Waals surface area contributed by atoms with Gasteiger partial charge in [0.15, 0.2) is 10.7 Å². The Hall–Kier alpha value is -3.11. The Balaban J connectivity index is 1.49. The number of thioether (sulfide) groups is 1. The number of ether oxygens (including phenoxy) is 1. The zero-order chi connectivity index (χ0) is 23.8. The number of amides is 1. The van der Waals surface area contributed by atoms with Gasteiger partial charge in [0.05, 0.1) is 30.2 Å². The minimum atomic E-state index is -0.136. The average molecular weight is 496 g/mol. The van der Waals surface area contributed by atoms with E-state index < -0.39 is 0 Å². The molecule has 1 amide bonds. The number of benzene rings is 1. The SMILES string of the molecule is CCn1nc(C)c2nc(SCC(=O)N3CCOc4ccc(C)cc43)n(Cc3cccs3)c(=O)c21. The molecule has 4 aromatic rings. The second-order valence-corrected chi connectivity index (χ2v) is 10.1. The van der Waals surface area contributed by atoms with Crippen molar-refractivity contribution in [2.45, 2.75) is 39.0 Å². The van der Waals surface area contributed by atoms with Crippen molar-refractivity contribution in [3.63, 3.8) is 0 Å². The van der Waals surface area contributed by atoms with Gasteiger partial charge in [-0.25, -0.2) is 4.98 Å². The number of fused-ring (bicyclic) bond motifs is 2. The van der Waals surface area contributed by atoms with Crippen LogP contribution in [0.25, 0.3) is 11.0 Å². The normalized spacial score (nSPS) is 13.2. The van der Waals surface area contributed by atoms with Crippen molar-refractivity contribution in [2.75, 3.05) is 23.8 Å². The number of hydrogen-bond donors (Lipinski definition) is 0. The predicted octanol–water partition coefficient (Wildman–Crippen LogP) is 3.86. The Kier molecular flexibility index (Phi) is 6.18. The van der Waals surface area contributed by atoms with Crippen LogP contribution in [0.4, 0.5) is 5.69 Å². The minimum Gasteiger partial charge on any atom is -0.490 e. The molecular weight excluding hydrogens is 470 g/mol. The average Bonchev–Trinajstić information content (AvgIpc) is 3.46. The zero-order valence-electron chi connectivity index (χ0n) is 19.3. The molecule has 0 fully saturated rings. The number of carbonyl (C=O) groups excluding carboxylic acids is 1. The van der Waals surface area contributed by atoms with E-state index in [1.807, 2.05) is 56.5 Å². The first kappa shape index (κ1) is 22.7. The van der Waals surface area contributed by atoms with E-state index in [9.17, 15) is 9.59 Å². The van der Waals surface area contributed by atoms with Crippen molar-refractivity contribution in [1.82, 2.24) is 19.3 Å². The molecule has 5 rings (SSSR count). The molecule has 10 heteroatoms. The highest BCUT2D eigenvalue weighted by Crippen LogP contribution is 2.33. The molecule has 1 aliphatic rings. The molecular formula is C24H25N5O3S2. The van der Waals surface area contributed by atoms with Crippen LogP contribution in [-0.2, 0) is 17.9 Å². The fraction of sp³-hybridized carbons (Fsp3) is 0.333. The molecule has 3 aromatic heterocycles. The van der Waals surface area contributed by atoms with Crippen LogP contribution in [-0.4, -0.2) is 44.1 Å². The summed E-state index contributed by atoms with van der Waals surface area (Å²) >= 11 is 2.88. The van der Waals surface area contributed by atoms with Gasteiger partial charge in [-0.3, -0.25) is 18.8 Å². The molecule has 0 bridgehead atoms. The monoisotopic (exact) mass is 495 g/mol. The van der Waals surface area contributed by atoms with Gasteiger partial charge in [0.1, 0.15) is 17.9 Å². The van der Waals surface area contributed by atoms with Gasteiger partial charge < -0.3 is 9.64 Å². The highest BCUT2D eigenvalue weighted by atomic mass is 32.2. The number of carbonyl (C=O) groups is 1. The van der Waals surface area contributed by atoms with E-state index in [4.69, 9.17) is 9.72 Å². The van der Waals surface area contributed by atoms with Crippen LogP contribution in [0.1, 0.15) is 23.1 Å². The van der Waals surface area contributed by atoms with Crippen molar-refractivity contribution in [3.05, 3.63) is 62.2 Å². The van der Waals surface area contributed by atoms with E-state index in [-0.39, 0.29) is 17.2 Å². The first-order valence-electron chi connectivity index (χ1n) is 11.1. The number of thiophene rings is 1. The third-order valence-electron chi connectivity index (χ3n) is 5.78. The summed E-state index contributed by atoms with van der Waals surface area (Å²) in [6.07, 6.45) is 0. The van der Waals surface area contributed by atoms with E-state index in [0.717, 1.165) is 16.1 Å². The topological polar surface area (TPSA) is 82.2 Å². The molecule has 0 saturated carbocycles. The standard InChI is InChI=1S/C24H25N5O3S2/c1-4-29-22-21(16(3)26-29)25-24(28(23(22)31)13-17-6-5-11-33-17)34-14-20(30)27-9-10-32-19-8-7-15(2)12-18(19)27/h5-8,11-12H,4,9-10,13-14H2,1-3H3. The second-order valence-electron chi connectivity index (χ2n) is 8.12. The van der Waals surface area contributed by atoms with Gasteiger partial charge in [0.25, 0.3) is 5.56 Å². The van der Waals surface area contributed by atoms with Gasteiger partial charge in [-0.2, -0.15) is 5.10 Å². The van der Waals surface area contributed by atoms with Gasteiger partial charge in [-0.15, -0.1) is 11.3 Å². The molecule has 0 atom stereocenters. The van der Waals surface area contributed by atoms with Crippen LogP contribution in [0, 0.1) is 13.8 Å². The van der Waals surface area contributed by atoms with Gasteiger partial charge in [-0.05, 0) is 49.9 Å². The summed E-state index contributed by atoms with van der Waals surface area (Å²) in [6, 6.07) is 9.81. The van der Waals surface area contributed by atoms with Crippen molar-refractivity contribution in [1.29, 1.82) is 0 Å². The molecule has 8 nitrogen and oxygen atoms in total. The lowest BCUT2D eigenvalue weighted by Gasteiger charge is -2.29. The molecule has 0 radical (unpaired) electrons. The van der Waals surface area contributed by atoms with E-state index in [1.165, 1.54) is 11.8 Å². The Morgan fingerprint density at radius 2 is 2.12 bits per heavy atom. The Morgan fingerprint density at radius 1 is 1.26 bits per heavy atom. The largest absolute Gasteiger partial charge is 0.490 e. The molecule has 0 saturated heterocycles. The minimum absolute atomic E-state index is 0.0434. The number of nitrogens with zero attached hydrogens (tertiary/aromatic N) is 5. The number of hydrogen-bond acceptors (Lipinski definition) is 7. The lowest BCUT2D eigenvalue weighted by molar-refractivity contribution is -0.116. The van der Waals surface area contributed by atoms with Gasteiger partial charge >= 0.3 is 0 Å². The Bertz CT molecular complexity index is 1420. The Labute approximate surface area is 205 Å². The quantitative estimate of drug-likeness (QED) is 0.298.